The zero-order valence-corrected chi connectivity index (χ0v) is 16.4. The summed E-state index contributed by atoms with van der Waals surface area (Å²) < 4.78 is 2.19. The van der Waals surface area contributed by atoms with E-state index in [-0.39, 0.29) is 0 Å². The molecule has 1 aromatic heterocycles. The van der Waals surface area contributed by atoms with Crippen LogP contribution in [0, 0.1) is 13.8 Å². The summed E-state index contributed by atoms with van der Waals surface area (Å²) in [7, 11) is 0. The highest BCUT2D eigenvalue weighted by Crippen LogP contribution is 2.30. The summed E-state index contributed by atoms with van der Waals surface area (Å²) in [5.74, 6) is 1.24. The van der Waals surface area contributed by atoms with Gasteiger partial charge in [0.1, 0.15) is 5.82 Å². The maximum absolute atomic E-state index is 5.12. The fourth-order valence-corrected chi connectivity index (χ4v) is 4.36. The Bertz CT molecular complexity index is 756. The van der Waals surface area contributed by atoms with Gasteiger partial charge in [-0.3, -0.25) is 0 Å². The van der Waals surface area contributed by atoms with Gasteiger partial charge in [-0.1, -0.05) is 18.6 Å². The zero-order valence-electron chi connectivity index (χ0n) is 16.4. The fourth-order valence-electron chi connectivity index (χ4n) is 4.36. The Morgan fingerprint density at radius 1 is 1.04 bits per heavy atom. The first-order valence-electron chi connectivity index (χ1n) is 10.4. The van der Waals surface area contributed by atoms with Crippen LogP contribution in [0.25, 0.3) is 5.69 Å². The third kappa shape index (κ3) is 3.52. The molecule has 4 nitrogen and oxygen atoms in total. The molecule has 0 saturated carbocycles. The number of piperidine rings is 1. The van der Waals surface area contributed by atoms with Gasteiger partial charge >= 0.3 is 0 Å². The molecule has 1 saturated heterocycles. The quantitative estimate of drug-likeness (QED) is 0.892. The van der Waals surface area contributed by atoms with Crippen molar-refractivity contribution in [2.45, 2.75) is 58.8 Å². The lowest BCUT2D eigenvalue weighted by atomic mass is 10.1. The van der Waals surface area contributed by atoms with Crippen LogP contribution in [0.3, 0.4) is 0 Å². The Hall–Kier alpha value is -1.81. The van der Waals surface area contributed by atoms with E-state index < -0.39 is 0 Å². The molecular formula is C22H32N4. The van der Waals surface area contributed by atoms with E-state index in [0.717, 1.165) is 25.9 Å². The second-order valence-electron chi connectivity index (χ2n) is 7.94. The third-order valence-electron chi connectivity index (χ3n) is 6.13. The van der Waals surface area contributed by atoms with Crippen molar-refractivity contribution in [3.63, 3.8) is 0 Å². The van der Waals surface area contributed by atoms with Crippen LogP contribution < -0.4 is 5.32 Å². The molecule has 0 spiro atoms. The second-order valence-corrected chi connectivity index (χ2v) is 7.94. The average Bonchev–Trinajstić information content (AvgIpc) is 2.83. The number of hydrogen-bond donors (Lipinski definition) is 1. The van der Waals surface area contributed by atoms with Gasteiger partial charge in [0.15, 0.2) is 0 Å². The van der Waals surface area contributed by atoms with Crippen molar-refractivity contribution in [2.24, 2.45) is 0 Å². The molecule has 3 heterocycles. The van der Waals surface area contributed by atoms with E-state index in [0.29, 0.717) is 0 Å². The minimum Gasteiger partial charge on any atom is -0.370 e. The monoisotopic (exact) mass is 352 g/mol. The largest absolute Gasteiger partial charge is 0.370 e. The van der Waals surface area contributed by atoms with Crippen LogP contribution in [0.5, 0.6) is 0 Å². The number of nitrogens with zero attached hydrogens (tertiary/aromatic N) is 3. The number of rotatable bonds is 4. The lowest BCUT2D eigenvalue weighted by molar-refractivity contribution is 0.230. The van der Waals surface area contributed by atoms with E-state index in [2.05, 4.69) is 46.9 Å². The zero-order chi connectivity index (χ0) is 17.9. The van der Waals surface area contributed by atoms with Gasteiger partial charge in [0.05, 0.1) is 11.4 Å². The summed E-state index contributed by atoms with van der Waals surface area (Å²) in [6, 6.07) is 6.54. The van der Waals surface area contributed by atoms with Gasteiger partial charge in [0, 0.05) is 25.1 Å². The van der Waals surface area contributed by atoms with E-state index >= 15 is 0 Å². The molecule has 2 aliphatic rings. The lowest BCUT2D eigenvalue weighted by Crippen LogP contribution is -2.31. The Kier molecular flexibility index (Phi) is 5.30. The normalized spacial score (nSPS) is 18.2. The van der Waals surface area contributed by atoms with Crippen molar-refractivity contribution >= 4 is 5.82 Å². The van der Waals surface area contributed by atoms with Crippen LogP contribution in [0.2, 0.25) is 0 Å². The number of hydrogen-bond acceptors (Lipinski definition) is 3. The standard InChI is InChI=1S/C22H32N4/c1-17-9-8-11-21(18(17)2)26-22-19(10-4-5-13-23-22)20(24-26)12-16-25-14-6-3-7-15-25/h8-9,11,23H,3-7,10,12-16H2,1-2H3. The molecule has 140 valence electrons. The predicted molar refractivity (Wildman–Crippen MR) is 108 cm³/mol. The summed E-state index contributed by atoms with van der Waals surface area (Å²) in [5, 5.41) is 8.80. The summed E-state index contributed by atoms with van der Waals surface area (Å²) in [4.78, 5) is 2.62. The lowest BCUT2D eigenvalue weighted by Gasteiger charge is -2.26. The van der Waals surface area contributed by atoms with Crippen molar-refractivity contribution in [3.8, 4) is 5.69 Å². The summed E-state index contributed by atoms with van der Waals surface area (Å²) >= 11 is 0. The van der Waals surface area contributed by atoms with Gasteiger partial charge in [-0.25, -0.2) is 4.68 Å². The molecule has 0 unspecified atom stereocenters. The number of nitrogens with one attached hydrogen (secondary N) is 1. The van der Waals surface area contributed by atoms with Crippen LogP contribution in [-0.2, 0) is 12.8 Å². The molecule has 2 aromatic rings. The van der Waals surface area contributed by atoms with E-state index in [1.165, 1.54) is 79.1 Å². The summed E-state index contributed by atoms with van der Waals surface area (Å²) in [6.07, 6.45) is 8.84. The molecule has 1 fully saturated rings. The molecule has 4 rings (SSSR count). The Balaban J connectivity index is 1.66. The Morgan fingerprint density at radius 2 is 1.88 bits per heavy atom. The van der Waals surface area contributed by atoms with E-state index in [9.17, 15) is 0 Å². The highest BCUT2D eigenvalue weighted by atomic mass is 15.3. The van der Waals surface area contributed by atoms with Crippen LogP contribution in [-0.4, -0.2) is 40.9 Å². The molecule has 0 bridgehead atoms. The highest BCUT2D eigenvalue weighted by Gasteiger charge is 2.22. The van der Waals surface area contributed by atoms with Gasteiger partial charge in [-0.15, -0.1) is 0 Å². The number of aromatic nitrogens is 2. The molecule has 1 aromatic carbocycles. The maximum Gasteiger partial charge on any atom is 0.133 e. The molecule has 26 heavy (non-hydrogen) atoms. The van der Waals surface area contributed by atoms with Gasteiger partial charge in [-0.2, -0.15) is 5.10 Å². The first kappa shape index (κ1) is 17.6. The molecule has 0 radical (unpaired) electrons. The molecule has 0 amide bonds. The fraction of sp³-hybridized carbons (Fsp3) is 0.591. The molecule has 2 aliphatic heterocycles. The van der Waals surface area contributed by atoms with Crippen LogP contribution in [0.15, 0.2) is 18.2 Å². The number of fused-ring (bicyclic) bond motifs is 1. The molecular weight excluding hydrogens is 320 g/mol. The van der Waals surface area contributed by atoms with E-state index in [1.807, 2.05) is 0 Å². The van der Waals surface area contributed by atoms with Gasteiger partial charge in [-0.05, 0) is 76.2 Å². The highest BCUT2D eigenvalue weighted by molar-refractivity contribution is 5.57. The van der Waals surface area contributed by atoms with E-state index in [4.69, 9.17) is 5.10 Å². The van der Waals surface area contributed by atoms with Gasteiger partial charge < -0.3 is 10.2 Å². The molecule has 0 atom stereocenters. The van der Waals surface area contributed by atoms with Gasteiger partial charge in [0.2, 0.25) is 0 Å². The topological polar surface area (TPSA) is 33.1 Å². The van der Waals surface area contributed by atoms with Gasteiger partial charge in [0.25, 0.3) is 0 Å². The minimum absolute atomic E-state index is 1.05. The van der Waals surface area contributed by atoms with Crippen molar-refractivity contribution in [3.05, 3.63) is 40.6 Å². The van der Waals surface area contributed by atoms with Crippen molar-refractivity contribution in [2.75, 3.05) is 31.5 Å². The summed E-state index contributed by atoms with van der Waals surface area (Å²) in [5.41, 5.74) is 6.64. The average molecular weight is 353 g/mol. The smallest absolute Gasteiger partial charge is 0.133 e. The summed E-state index contributed by atoms with van der Waals surface area (Å²) in [6.45, 7) is 9.12. The van der Waals surface area contributed by atoms with Crippen molar-refractivity contribution in [1.29, 1.82) is 0 Å². The second kappa shape index (κ2) is 7.83. The van der Waals surface area contributed by atoms with Crippen LogP contribution in [0.4, 0.5) is 5.82 Å². The third-order valence-corrected chi connectivity index (χ3v) is 6.13. The van der Waals surface area contributed by atoms with E-state index in [1.54, 1.807) is 0 Å². The minimum atomic E-state index is 1.05. The number of benzene rings is 1. The predicted octanol–water partition coefficient (Wildman–Crippen LogP) is 4.27. The number of anilines is 1. The number of aryl methyl sites for hydroxylation is 1. The van der Waals surface area contributed by atoms with Crippen molar-refractivity contribution < 1.29 is 0 Å². The first-order chi connectivity index (χ1) is 12.7. The van der Waals surface area contributed by atoms with Crippen LogP contribution in [0.1, 0.15) is 54.5 Å². The SMILES string of the molecule is Cc1cccc(-n2nc(CCN3CCCCC3)c3c2NCCCC3)c1C. The van der Waals surface area contributed by atoms with Crippen molar-refractivity contribution in [1.82, 2.24) is 14.7 Å². The molecule has 4 heteroatoms. The first-order valence-corrected chi connectivity index (χ1v) is 10.4. The Labute approximate surface area is 157 Å². The molecule has 0 aliphatic carbocycles. The maximum atomic E-state index is 5.12. The Morgan fingerprint density at radius 3 is 2.73 bits per heavy atom. The van der Waals surface area contributed by atoms with Crippen LogP contribution >= 0.6 is 0 Å². The number of likely N-dealkylation sites (tertiary alicyclic amines) is 1. The molecule has 1 N–H and O–H groups in total.